The molecule has 1 aliphatic rings. The van der Waals surface area contributed by atoms with Crippen molar-refractivity contribution in [3.05, 3.63) is 0 Å². The number of hydrogen-bond donors (Lipinski definition) is 1. The molecule has 0 unspecified atom stereocenters. The van der Waals surface area contributed by atoms with E-state index in [0.717, 1.165) is 6.54 Å². The van der Waals surface area contributed by atoms with E-state index in [1.54, 1.807) is 0 Å². The van der Waals surface area contributed by atoms with Gasteiger partial charge in [0, 0.05) is 6.04 Å². The van der Waals surface area contributed by atoms with Crippen LogP contribution in [0, 0.1) is 10.8 Å². The number of nitrogens with one attached hydrogen (secondary N) is 1. The lowest BCUT2D eigenvalue weighted by molar-refractivity contribution is 0.0849. The van der Waals surface area contributed by atoms with Crippen molar-refractivity contribution in [3.8, 4) is 0 Å². The Hall–Kier alpha value is -0.110. The normalized spacial score (nSPS) is 25.4. The van der Waals surface area contributed by atoms with Gasteiger partial charge in [-0.2, -0.15) is 0 Å². The van der Waals surface area contributed by atoms with Gasteiger partial charge in [-0.3, -0.25) is 4.39 Å². The second-order valence-corrected chi connectivity index (χ2v) is 6.61. The summed E-state index contributed by atoms with van der Waals surface area (Å²) >= 11 is 0. The highest BCUT2D eigenvalue weighted by Gasteiger charge is 2.37. The van der Waals surface area contributed by atoms with Crippen molar-refractivity contribution in [3.63, 3.8) is 0 Å². The molecule has 0 aromatic heterocycles. The van der Waals surface area contributed by atoms with Gasteiger partial charge in [0.05, 0.1) is 6.67 Å². The molecule has 2 heteroatoms. The molecule has 0 aromatic rings. The molecule has 0 spiro atoms. The Bertz CT molecular complexity index is 183. The maximum Gasteiger partial charge on any atom is 0.0906 e. The van der Waals surface area contributed by atoms with Crippen molar-refractivity contribution in [2.75, 3.05) is 13.2 Å². The van der Waals surface area contributed by atoms with Gasteiger partial charge in [-0.05, 0) is 43.1 Å². The van der Waals surface area contributed by atoms with Gasteiger partial charge in [0.15, 0.2) is 0 Å². The van der Waals surface area contributed by atoms with E-state index in [9.17, 15) is 4.39 Å². The summed E-state index contributed by atoms with van der Waals surface area (Å²) < 4.78 is 12.0. The van der Waals surface area contributed by atoms with Crippen molar-refractivity contribution in [1.29, 1.82) is 0 Å². The molecule has 1 saturated carbocycles. The van der Waals surface area contributed by atoms with Crippen LogP contribution in [-0.2, 0) is 0 Å². The van der Waals surface area contributed by atoms with Crippen LogP contribution in [-0.4, -0.2) is 19.3 Å². The lowest BCUT2D eigenvalue weighted by Gasteiger charge is -2.45. The van der Waals surface area contributed by atoms with Crippen LogP contribution in [0.4, 0.5) is 4.39 Å². The molecule has 1 aliphatic carbocycles. The second kappa shape index (κ2) is 4.82. The third kappa shape index (κ3) is 4.50. The fourth-order valence-electron chi connectivity index (χ4n) is 3.36. The lowest BCUT2D eigenvalue weighted by atomic mass is 9.63. The fourth-order valence-corrected chi connectivity index (χ4v) is 3.36. The SMILES string of the molecule is CC1(C)CC(NCCCF)CC(C)(C)C1. The molecule has 1 rings (SSSR count). The molecule has 90 valence electrons. The third-order valence-corrected chi connectivity index (χ3v) is 3.30. The highest BCUT2D eigenvalue weighted by molar-refractivity contribution is 4.92. The van der Waals surface area contributed by atoms with E-state index >= 15 is 0 Å². The highest BCUT2D eigenvalue weighted by atomic mass is 19.1. The molecule has 1 nitrogen and oxygen atoms in total. The van der Waals surface area contributed by atoms with Crippen molar-refractivity contribution < 1.29 is 4.39 Å². The van der Waals surface area contributed by atoms with Crippen molar-refractivity contribution >= 4 is 0 Å². The van der Waals surface area contributed by atoms with E-state index in [1.165, 1.54) is 19.3 Å². The summed E-state index contributed by atoms with van der Waals surface area (Å²) in [6.45, 7) is 10.0. The van der Waals surface area contributed by atoms with Gasteiger partial charge in [0.1, 0.15) is 0 Å². The summed E-state index contributed by atoms with van der Waals surface area (Å²) in [7, 11) is 0. The van der Waals surface area contributed by atoms with E-state index in [0.29, 0.717) is 23.3 Å². The molecule has 0 amide bonds. The van der Waals surface area contributed by atoms with E-state index in [1.807, 2.05) is 0 Å². The molecule has 0 atom stereocenters. The first kappa shape index (κ1) is 13.0. The summed E-state index contributed by atoms with van der Waals surface area (Å²) in [5.41, 5.74) is 0.851. The molecule has 1 N–H and O–H groups in total. The Morgan fingerprint density at radius 1 is 1.13 bits per heavy atom. The fraction of sp³-hybridized carbons (Fsp3) is 1.00. The zero-order valence-corrected chi connectivity index (χ0v) is 10.7. The van der Waals surface area contributed by atoms with Gasteiger partial charge in [0.2, 0.25) is 0 Å². The minimum atomic E-state index is -0.202. The average Bonchev–Trinajstić information content (AvgIpc) is 1.98. The molecular weight excluding hydrogens is 189 g/mol. The third-order valence-electron chi connectivity index (χ3n) is 3.30. The topological polar surface area (TPSA) is 12.0 Å². The summed E-state index contributed by atoms with van der Waals surface area (Å²) in [6.07, 6.45) is 4.39. The van der Waals surface area contributed by atoms with Crippen LogP contribution in [0.3, 0.4) is 0 Å². The first-order chi connectivity index (χ1) is 6.85. The van der Waals surface area contributed by atoms with E-state index < -0.39 is 0 Å². The van der Waals surface area contributed by atoms with Crippen LogP contribution in [0.25, 0.3) is 0 Å². The molecule has 0 bridgehead atoms. The molecular formula is C13H26FN. The smallest absolute Gasteiger partial charge is 0.0906 e. The second-order valence-electron chi connectivity index (χ2n) is 6.61. The van der Waals surface area contributed by atoms with Crippen LogP contribution in [0.5, 0.6) is 0 Å². The van der Waals surface area contributed by atoms with Gasteiger partial charge in [-0.25, -0.2) is 0 Å². The van der Waals surface area contributed by atoms with Crippen LogP contribution in [0.1, 0.15) is 53.4 Å². The molecule has 0 aliphatic heterocycles. The van der Waals surface area contributed by atoms with E-state index in [2.05, 4.69) is 33.0 Å². The van der Waals surface area contributed by atoms with Gasteiger partial charge in [-0.15, -0.1) is 0 Å². The first-order valence-electron chi connectivity index (χ1n) is 6.14. The van der Waals surface area contributed by atoms with Gasteiger partial charge in [0.25, 0.3) is 0 Å². The van der Waals surface area contributed by atoms with Crippen LogP contribution in [0.2, 0.25) is 0 Å². The van der Waals surface area contributed by atoms with Crippen LogP contribution < -0.4 is 5.32 Å². The largest absolute Gasteiger partial charge is 0.314 e. The quantitative estimate of drug-likeness (QED) is 0.707. The summed E-state index contributed by atoms with van der Waals surface area (Å²) in [5.74, 6) is 0. The number of rotatable bonds is 4. The Morgan fingerprint density at radius 2 is 1.67 bits per heavy atom. The van der Waals surface area contributed by atoms with Gasteiger partial charge < -0.3 is 5.32 Å². The van der Waals surface area contributed by atoms with Crippen molar-refractivity contribution in [1.82, 2.24) is 5.32 Å². The lowest BCUT2D eigenvalue weighted by Crippen LogP contribution is -2.44. The maximum atomic E-state index is 12.0. The van der Waals surface area contributed by atoms with E-state index in [-0.39, 0.29) is 6.67 Å². The minimum Gasteiger partial charge on any atom is -0.314 e. The standard InChI is InChI=1S/C13H26FN/c1-12(2)8-11(15-7-5-6-14)9-13(3,4)10-12/h11,15H,5-10H2,1-4H3. The molecule has 1 fully saturated rings. The van der Waals surface area contributed by atoms with Crippen LogP contribution in [0.15, 0.2) is 0 Å². The first-order valence-corrected chi connectivity index (χ1v) is 6.14. The molecule has 0 saturated heterocycles. The molecule has 0 aromatic carbocycles. The predicted octanol–water partition coefficient (Wildman–Crippen LogP) is 3.54. The van der Waals surface area contributed by atoms with E-state index in [4.69, 9.17) is 0 Å². The Balaban J connectivity index is 2.44. The molecule has 15 heavy (non-hydrogen) atoms. The van der Waals surface area contributed by atoms with Crippen molar-refractivity contribution in [2.45, 2.75) is 59.4 Å². The minimum absolute atomic E-state index is 0.202. The molecule has 0 heterocycles. The summed E-state index contributed by atoms with van der Waals surface area (Å²) in [5, 5.41) is 3.49. The zero-order chi connectivity index (χ0) is 11.5. The summed E-state index contributed by atoms with van der Waals surface area (Å²) in [6, 6.07) is 0.579. The zero-order valence-electron chi connectivity index (χ0n) is 10.7. The summed E-state index contributed by atoms with van der Waals surface area (Å²) in [4.78, 5) is 0. The Kier molecular flexibility index (Phi) is 4.16. The highest BCUT2D eigenvalue weighted by Crippen LogP contribution is 2.45. The monoisotopic (exact) mass is 215 g/mol. The van der Waals surface area contributed by atoms with Crippen LogP contribution >= 0.6 is 0 Å². The maximum absolute atomic E-state index is 12.0. The Morgan fingerprint density at radius 3 is 2.13 bits per heavy atom. The number of hydrogen-bond acceptors (Lipinski definition) is 1. The van der Waals surface area contributed by atoms with Gasteiger partial charge >= 0.3 is 0 Å². The van der Waals surface area contributed by atoms with Gasteiger partial charge in [-0.1, -0.05) is 27.7 Å². The average molecular weight is 215 g/mol. The van der Waals surface area contributed by atoms with Crippen molar-refractivity contribution in [2.24, 2.45) is 10.8 Å². The Labute approximate surface area is 93.8 Å². The number of alkyl halides is 1. The number of halogens is 1. The predicted molar refractivity (Wildman–Crippen MR) is 63.8 cm³/mol. The molecule has 0 radical (unpaired) electrons.